The summed E-state index contributed by atoms with van der Waals surface area (Å²) in [5.74, 6) is -0.324. The summed E-state index contributed by atoms with van der Waals surface area (Å²) in [6.45, 7) is 2.06. The largest absolute Gasteiger partial charge is 0.342 e. The lowest BCUT2D eigenvalue weighted by molar-refractivity contribution is 0.371. The molecular formula is C13H15F2N3. The van der Waals surface area contributed by atoms with Crippen molar-refractivity contribution < 1.29 is 8.78 Å². The van der Waals surface area contributed by atoms with Crippen LogP contribution in [-0.4, -0.2) is 23.1 Å². The number of benzene rings is 1. The van der Waals surface area contributed by atoms with Crippen molar-refractivity contribution in [1.29, 1.82) is 0 Å². The van der Waals surface area contributed by atoms with E-state index in [-0.39, 0.29) is 0 Å². The summed E-state index contributed by atoms with van der Waals surface area (Å²) in [6, 6.07) is 2.31. The van der Waals surface area contributed by atoms with E-state index in [4.69, 9.17) is 0 Å². The van der Waals surface area contributed by atoms with Gasteiger partial charge in [0.05, 0.1) is 11.0 Å². The molecule has 3 rings (SSSR count). The molecule has 1 saturated heterocycles. The second-order valence-electron chi connectivity index (χ2n) is 4.88. The van der Waals surface area contributed by atoms with E-state index >= 15 is 0 Å². The van der Waals surface area contributed by atoms with Gasteiger partial charge in [0.25, 0.3) is 0 Å². The molecule has 1 fully saturated rings. The smallest absolute Gasteiger partial charge is 0.161 e. The van der Waals surface area contributed by atoms with Gasteiger partial charge in [0.1, 0.15) is 5.82 Å². The van der Waals surface area contributed by atoms with E-state index in [2.05, 4.69) is 15.3 Å². The highest BCUT2D eigenvalue weighted by Crippen LogP contribution is 2.19. The summed E-state index contributed by atoms with van der Waals surface area (Å²) in [5.41, 5.74) is 1.06. The van der Waals surface area contributed by atoms with Crippen molar-refractivity contribution >= 4 is 11.0 Å². The highest BCUT2D eigenvalue weighted by atomic mass is 19.2. The third-order valence-corrected chi connectivity index (χ3v) is 3.45. The number of piperidine rings is 1. The normalized spacial score (nSPS) is 20.4. The maximum absolute atomic E-state index is 13.1. The molecule has 0 bridgehead atoms. The fourth-order valence-corrected chi connectivity index (χ4v) is 2.53. The lowest BCUT2D eigenvalue weighted by atomic mass is 9.96. The molecular weight excluding hydrogens is 236 g/mol. The number of imidazole rings is 1. The van der Waals surface area contributed by atoms with E-state index in [1.165, 1.54) is 18.9 Å². The molecule has 0 amide bonds. The number of H-pyrrole nitrogens is 1. The number of aromatic nitrogens is 2. The van der Waals surface area contributed by atoms with Gasteiger partial charge in [0.15, 0.2) is 11.6 Å². The monoisotopic (exact) mass is 251 g/mol. The van der Waals surface area contributed by atoms with Crippen molar-refractivity contribution in [3.8, 4) is 0 Å². The Morgan fingerprint density at radius 2 is 2.11 bits per heavy atom. The Kier molecular flexibility index (Phi) is 2.99. The number of hydrogen-bond donors (Lipinski definition) is 2. The molecule has 0 radical (unpaired) electrons. The van der Waals surface area contributed by atoms with Gasteiger partial charge < -0.3 is 10.3 Å². The summed E-state index contributed by atoms with van der Waals surface area (Å²) < 4.78 is 26.2. The third-order valence-electron chi connectivity index (χ3n) is 3.45. The van der Waals surface area contributed by atoms with Gasteiger partial charge in [0, 0.05) is 18.6 Å². The van der Waals surface area contributed by atoms with Crippen LogP contribution >= 0.6 is 0 Å². The minimum atomic E-state index is -0.847. The van der Waals surface area contributed by atoms with Crippen LogP contribution in [0.25, 0.3) is 11.0 Å². The van der Waals surface area contributed by atoms with Crippen LogP contribution in [0.4, 0.5) is 8.78 Å². The highest BCUT2D eigenvalue weighted by molar-refractivity contribution is 5.75. The Morgan fingerprint density at radius 3 is 2.89 bits per heavy atom. The lowest BCUT2D eigenvalue weighted by Crippen LogP contribution is -2.31. The summed E-state index contributed by atoms with van der Waals surface area (Å²) in [7, 11) is 0. The van der Waals surface area contributed by atoms with Crippen molar-refractivity contribution in [3.05, 3.63) is 29.6 Å². The minimum Gasteiger partial charge on any atom is -0.342 e. The van der Waals surface area contributed by atoms with Crippen molar-refractivity contribution in [1.82, 2.24) is 15.3 Å². The zero-order valence-electron chi connectivity index (χ0n) is 9.97. The highest BCUT2D eigenvalue weighted by Gasteiger charge is 2.16. The number of rotatable bonds is 2. The average Bonchev–Trinajstić information content (AvgIpc) is 2.72. The first-order valence-electron chi connectivity index (χ1n) is 6.27. The second-order valence-corrected chi connectivity index (χ2v) is 4.88. The quantitative estimate of drug-likeness (QED) is 0.860. The van der Waals surface area contributed by atoms with Crippen LogP contribution in [0.15, 0.2) is 12.1 Å². The topological polar surface area (TPSA) is 40.7 Å². The molecule has 1 atom stereocenters. The van der Waals surface area contributed by atoms with Crippen LogP contribution in [0.5, 0.6) is 0 Å². The number of nitrogens with zero attached hydrogens (tertiary/aromatic N) is 1. The molecule has 3 nitrogen and oxygen atoms in total. The second kappa shape index (κ2) is 4.65. The van der Waals surface area contributed by atoms with E-state index < -0.39 is 11.6 Å². The summed E-state index contributed by atoms with van der Waals surface area (Å²) in [4.78, 5) is 7.38. The van der Waals surface area contributed by atoms with Gasteiger partial charge in [-0.05, 0) is 31.8 Å². The van der Waals surface area contributed by atoms with Crippen LogP contribution in [-0.2, 0) is 6.42 Å². The molecule has 0 saturated carbocycles. The fourth-order valence-electron chi connectivity index (χ4n) is 2.53. The number of fused-ring (bicyclic) bond motifs is 1. The molecule has 18 heavy (non-hydrogen) atoms. The van der Waals surface area contributed by atoms with E-state index in [0.29, 0.717) is 17.0 Å². The van der Waals surface area contributed by atoms with Crippen LogP contribution in [0, 0.1) is 17.6 Å². The molecule has 96 valence electrons. The van der Waals surface area contributed by atoms with E-state index in [0.717, 1.165) is 31.4 Å². The molecule has 0 spiro atoms. The van der Waals surface area contributed by atoms with Gasteiger partial charge in [0.2, 0.25) is 0 Å². The van der Waals surface area contributed by atoms with Gasteiger partial charge in [-0.25, -0.2) is 13.8 Å². The maximum Gasteiger partial charge on any atom is 0.161 e. The van der Waals surface area contributed by atoms with Crippen LogP contribution in [0.2, 0.25) is 0 Å². The Hall–Kier alpha value is -1.49. The Labute approximate surface area is 104 Å². The van der Waals surface area contributed by atoms with E-state index in [9.17, 15) is 8.78 Å². The minimum absolute atomic E-state index is 0.493. The SMILES string of the molecule is Fc1cc2nc(CC3CCCNC3)[nH]c2cc1F. The molecule has 1 unspecified atom stereocenters. The standard InChI is InChI=1S/C13H15F2N3/c14-9-5-11-12(6-10(9)15)18-13(17-11)4-8-2-1-3-16-7-8/h5-6,8,16H,1-4,7H2,(H,17,18). The number of aromatic amines is 1. The maximum atomic E-state index is 13.1. The first-order chi connectivity index (χ1) is 8.72. The van der Waals surface area contributed by atoms with Crippen LogP contribution < -0.4 is 5.32 Å². The van der Waals surface area contributed by atoms with Crippen molar-refractivity contribution in [3.63, 3.8) is 0 Å². The Morgan fingerprint density at radius 1 is 1.28 bits per heavy atom. The van der Waals surface area contributed by atoms with Crippen LogP contribution in [0.3, 0.4) is 0 Å². The Bertz CT molecular complexity index is 520. The average molecular weight is 251 g/mol. The first-order valence-corrected chi connectivity index (χ1v) is 6.27. The van der Waals surface area contributed by atoms with Crippen molar-refractivity contribution in [2.45, 2.75) is 19.3 Å². The predicted molar refractivity (Wildman–Crippen MR) is 65.3 cm³/mol. The zero-order chi connectivity index (χ0) is 12.5. The molecule has 1 aromatic heterocycles. The summed E-state index contributed by atoms with van der Waals surface area (Å²) in [5, 5.41) is 3.35. The summed E-state index contributed by atoms with van der Waals surface area (Å²) in [6.07, 6.45) is 3.17. The molecule has 5 heteroatoms. The summed E-state index contributed by atoms with van der Waals surface area (Å²) >= 11 is 0. The third kappa shape index (κ3) is 2.22. The molecule has 1 aromatic carbocycles. The van der Waals surface area contributed by atoms with Gasteiger partial charge in [-0.1, -0.05) is 0 Å². The van der Waals surface area contributed by atoms with Gasteiger partial charge in [-0.3, -0.25) is 0 Å². The Balaban J connectivity index is 1.84. The van der Waals surface area contributed by atoms with Crippen molar-refractivity contribution in [2.75, 3.05) is 13.1 Å². The fraction of sp³-hybridized carbons (Fsp3) is 0.462. The molecule has 2 aromatic rings. The van der Waals surface area contributed by atoms with E-state index in [1.807, 2.05) is 0 Å². The number of halogens is 2. The molecule has 0 aliphatic carbocycles. The van der Waals surface area contributed by atoms with Crippen molar-refractivity contribution in [2.24, 2.45) is 5.92 Å². The van der Waals surface area contributed by atoms with Gasteiger partial charge >= 0.3 is 0 Å². The van der Waals surface area contributed by atoms with Gasteiger partial charge in [-0.2, -0.15) is 0 Å². The number of hydrogen-bond acceptors (Lipinski definition) is 2. The molecule has 2 heterocycles. The lowest BCUT2D eigenvalue weighted by Gasteiger charge is -2.21. The molecule has 2 N–H and O–H groups in total. The number of nitrogens with one attached hydrogen (secondary N) is 2. The van der Waals surface area contributed by atoms with E-state index in [1.54, 1.807) is 0 Å². The molecule has 1 aliphatic rings. The predicted octanol–water partition coefficient (Wildman–Crippen LogP) is 2.38. The zero-order valence-corrected chi connectivity index (χ0v) is 9.97. The van der Waals surface area contributed by atoms with Crippen LogP contribution in [0.1, 0.15) is 18.7 Å². The first kappa shape index (κ1) is 11.6. The van der Waals surface area contributed by atoms with Gasteiger partial charge in [-0.15, -0.1) is 0 Å². The molecule has 1 aliphatic heterocycles.